The number of carbonyl (C=O) groups is 2. The van der Waals surface area contributed by atoms with Crippen LogP contribution in [0.15, 0.2) is 101 Å². The molecule has 2 aliphatic heterocycles. The monoisotopic (exact) mass is 596 g/mol. The molecule has 0 unspecified atom stereocenters. The standard InChI is InChI=1S/C32H28N4O6S/c1-22-5-4-6-23(19-22)21-35-28-20-24(9-14-30(28)43(41,42)29-8-3-2-7-27(29)32(35)38)31(37)34-17-15-33(16-18-34)25-10-12-26(13-11-25)36(39)40/h2-14,19-20H,15-18,21H2,1H3. The van der Waals surface area contributed by atoms with Crippen LogP contribution >= 0.6 is 0 Å². The van der Waals surface area contributed by atoms with Crippen LogP contribution in [0.2, 0.25) is 0 Å². The molecule has 2 heterocycles. The molecule has 11 heteroatoms. The third-order valence-corrected chi connectivity index (χ3v) is 9.71. The minimum absolute atomic E-state index is 0.0146. The maximum absolute atomic E-state index is 13.9. The van der Waals surface area contributed by atoms with Gasteiger partial charge in [0.15, 0.2) is 0 Å². The second-order valence-electron chi connectivity index (χ2n) is 10.6. The smallest absolute Gasteiger partial charge is 0.269 e. The molecule has 2 aliphatic rings. The summed E-state index contributed by atoms with van der Waals surface area (Å²) in [4.78, 5) is 43.2. The summed E-state index contributed by atoms with van der Waals surface area (Å²) in [6.45, 7) is 3.93. The van der Waals surface area contributed by atoms with Gasteiger partial charge in [-0.25, -0.2) is 8.42 Å². The number of fused-ring (bicyclic) bond motifs is 2. The minimum Gasteiger partial charge on any atom is -0.368 e. The molecule has 1 fully saturated rings. The highest BCUT2D eigenvalue weighted by Crippen LogP contribution is 2.38. The van der Waals surface area contributed by atoms with Crippen molar-refractivity contribution in [1.29, 1.82) is 0 Å². The molecule has 218 valence electrons. The third kappa shape index (κ3) is 5.23. The normalized spacial score (nSPS) is 15.8. The van der Waals surface area contributed by atoms with Gasteiger partial charge in [-0.05, 0) is 55.0 Å². The number of nitrogens with zero attached hydrogens (tertiary/aromatic N) is 4. The van der Waals surface area contributed by atoms with Crippen molar-refractivity contribution in [3.8, 4) is 0 Å². The molecule has 43 heavy (non-hydrogen) atoms. The van der Waals surface area contributed by atoms with Gasteiger partial charge >= 0.3 is 0 Å². The molecule has 4 aromatic rings. The number of anilines is 2. The van der Waals surface area contributed by atoms with Crippen molar-refractivity contribution in [2.24, 2.45) is 0 Å². The van der Waals surface area contributed by atoms with E-state index in [1.165, 1.54) is 47.4 Å². The van der Waals surface area contributed by atoms with Crippen molar-refractivity contribution in [2.75, 3.05) is 36.0 Å². The number of piperazine rings is 1. The van der Waals surface area contributed by atoms with Gasteiger partial charge in [0.25, 0.3) is 17.5 Å². The first-order valence-electron chi connectivity index (χ1n) is 13.8. The first-order chi connectivity index (χ1) is 20.6. The van der Waals surface area contributed by atoms with Crippen LogP contribution in [0, 0.1) is 17.0 Å². The van der Waals surface area contributed by atoms with Crippen molar-refractivity contribution in [3.05, 3.63) is 123 Å². The van der Waals surface area contributed by atoms with E-state index < -0.39 is 20.7 Å². The maximum Gasteiger partial charge on any atom is 0.269 e. The van der Waals surface area contributed by atoms with Crippen LogP contribution in [0.1, 0.15) is 31.8 Å². The Labute approximate surface area is 248 Å². The molecule has 0 bridgehead atoms. The predicted molar refractivity (Wildman–Crippen MR) is 161 cm³/mol. The zero-order valence-corrected chi connectivity index (χ0v) is 24.2. The number of nitro benzene ring substituents is 1. The molecule has 0 atom stereocenters. The molecule has 2 amide bonds. The Morgan fingerprint density at radius 1 is 0.860 bits per heavy atom. The number of amides is 2. The number of hydrogen-bond acceptors (Lipinski definition) is 7. The fourth-order valence-electron chi connectivity index (χ4n) is 5.63. The van der Waals surface area contributed by atoms with Gasteiger partial charge in [0, 0.05) is 49.6 Å². The molecular formula is C32H28N4O6S. The Hall–Kier alpha value is -5.03. The SMILES string of the molecule is Cc1cccc(CN2C(=O)c3ccccc3S(=O)(=O)c3ccc(C(=O)N4CCN(c5ccc([N+](=O)[O-])cc5)CC4)cc32)c1. The molecule has 0 radical (unpaired) electrons. The Kier molecular flexibility index (Phi) is 7.18. The molecule has 0 saturated carbocycles. The van der Waals surface area contributed by atoms with E-state index in [4.69, 9.17) is 0 Å². The fraction of sp³-hybridized carbons (Fsp3) is 0.188. The highest BCUT2D eigenvalue weighted by Gasteiger charge is 2.36. The fourth-order valence-corrected chi connectivity index (χ4v) is 7.26. The number of rotatable bonds is 5. The average Bonchev–Trinajstić information content (AvgIpc) is 3.08. The first-order valence-corrected chi connectivity index (χ1v) is 15.3. The van der Waals surface area contributed by atoms with E-state index in [1.807, 2.05) is 31.2 Å². The van der Waals surface area contributed by atoms with Crippen molar-refractivity contribution in [1.82, 2.24) is 4.90 Å². The Bertz CT molecular complexity index is 1870. The van der Waals surface area contributed by atoms with Crippen LogP contribution in [-0.4, -0.2) is 56.2 Å². The molecule has 1 saturated heterocycles. The highest BCUT2D eigenvalue weighted by molar-refractivity contribution is 7.91. The van der Waals surface area contributed by atoms with Gasteiger partial charge in [0.05, 0.1) is 32.5 Å². The number of carbonyl (C=O) groups excluding carboxylic acids is 2. The minimum atomic E-state index is -4.05. The van der Waals surface area contributed by atoms with E-state index >= 15 is 0 Å². The van der Waals surface area contributed by atoms with Crippen LogP contribution in [0.5, 0.6) is 0 Å². The third-order valence-electron chi connectivity index (χ3n) is 7.85. The predicted octanol–water partition coefficient (Wildman–Crippen LogP) is 4.86. The molecule has 0 aliphatic carbocycles. The summed E-state index contributed by atoms with van der Waals surface area (Å²) >= 11 is 0. The van der Waals surface area contributed by atoms with Crippen molar-refractivity contribution in [3.63, 3.8) is 0 Å². The first kappa shape index (κ1) is 28.1. The Morgan fingerprint density at radius 2 is 1.58 bits per heavy atom. The topological polar surface area (TPSA) is 121 Å². The van der Waals surface area contributed by atoms with Gasteiger partial charge in [0.1, 0.15) is 0 Å². The summed E-state index contributed by atoms with van der Waals surface area (Å²) in [5.41, 5.74) is 3.21. The largest absolute Gasteiger partial charge is 0.368 e. The van der Waals surface area contributed by atoms with Gasteiger partial charge in [0.2, 0.25) is 9.84 Å². The number of sulfone groups is 1. The van der Waals surface area contributed by atoms with Crippen LogP contribution in [0.3, 0.4) is 0 Å². The van der Waals surface area contributed by atoms with Gasteiger partial charge < -0.3 is 14.7 Å². The van der Waals surface area contributed by atoms with Crippen LogP contribution in [-0.2, 0) is 16.4 Å². The summed E-state index contributed by atoms with van der Waals surface area (Å²) in [5, 5.41) is 11.0. The van der Waals surface area contributed by atoms with Gasteiger partial charge in [-0.2, -0.15) is 0 Å². The summed E-state index contributed by atoms with van der Waals surface area (Å²) < 4.78 is 27.6. The van der Waals surface area contributed by atoms with Crippen LogP contribution < -0.4 is 9.80 Å². The molecule has 10 nitrogen and oxygen atoms in total. The highest BCUT2D eigenvalue weighted by atomic mass is 32.2. The number of benzene rings is 4. The van der Waals surface area contributed by atoms with Crippen molar-refractivity contribution < 1.29 is 22.9 Å². The van der Waals surface area contributed by atoms with E-state index in [2.05, 4.69) is 4.90 Å². The second kappa shape index (κ2) is 11.0. The number of aryl methyl sites for hydroxylation is 1. The molecular weight excluding hydrogens is 568 g/mol. The van der Waals surface area contributed by atoms with E-state index in [9.17, 15) is 28.1 Å². The van der Waals surface area contributed by atoms with Crippen molar-refractivity contribution >= 4 is 38.7 Å². The summed E-state index contributed by atoms with van der Waals surface area (Å²) in [5.74, 6) is -0.728. The molecule has 6 rings (SSSR count). The van der Waals surface area contributed by atoms with E-state index in [-0.39, 0.29) is 44.7 Å². The Balaban J connectivity index is 1.31. The van der Waals surface area contributed by atoms with Crippen molar-refractivity contribution in [2.45, 2.75) is 23.3 Å². The van der Waals surface area contributed by atoms with Gasteiger partial charge in [-0.3, -0.25) is 19.7 Å². The molecule has 4 aromatic carbocycles. The molecule has 0 N–H and O–H groups in total. The summed E-state index contributed by atoms with van der Waals surface area (Å²) in [6, 6.07) is 24.6. The Morgan fingerprint density at radius 3 is 2.28 bits per heavy atom. The van der Waals surface area contributed by atoms with Gasteiger partial charge in [-0.15, -0.1) is 0 Å². The van der Waals surface area contributed by atoms with E-state index in [0.717, 1.165) is 16.8 Å². The summed E-state index contributed by atoms with van der Waals surface area (Å²) in [6.07, 6.45) is 0. The van der Waals surface area contributed by atoms with Gasteiger partial charge in [-0.1, -0.05) is 42.0 Å². The molecule has 0 aromatic heterocycles. The van der Waals surface area contributed by atoms with Crippen LogP contribution in [0.4, 0.5) is 17.1 Å². The zero-order chi connectivity index (χ0) is 30.3. The lowest BCUT2D eigenvalue weighted by molar-refractivity contribution is -0.384. The van der Waals surface area contributed by atoms with Crippen LogP contribution in [0.25, 0.3) is 0 Å². The summed E-state index contributed by atoms with van der Waals surface area (Å²) in [7, 11) is -4.05. The maximum atomic E-state index is 13.9. The quantitative estimate of drug-likeness (QED) is 0.238. The number of non-ortho nitro benzene ring substituents is 1. The lowest BCUT2D eigenvalue weighted by Gasteiger charge is -2.36. The van der Waals surface area contributed by atoms with E-state index in [0.29, 0.717) is 26.2 Å². The lowest BCUT2D eigenvalue weighted by Crippen LogP contribution is -2.48. The lowest BCUT2D eigenvalue weighted by atomic mass is 10.1. The zero-order valence-electron chi connectivity index (χ0n) is 23.3. The molecule has 0 spiro atoms. The van der Waals surface area contributed by atoms with E-state index in [1.54, 1.807) is 29.2 Å². The second-order valence-corrected chi connectivity index (χ2v) is 12.5. The average molecular weight is 597 g/mol. The number of hydrogen-bond donors (Lipinski definition) is 0. The number of nitro groups is 1.